The molecule has 1 heterocycles. The lowest BCUT2D eigenvalue weighted by molar-refractivity contribution is -0.117. The van der Waals surface area contributed by atoms with Crippen molar-refractivity contribution in [3.05, 3.63) is 66.3 Å². The van der Waals surface area contributed by atoms with Crippen LogP contribution < -0.4 is 10.6 Å². The number of rotatable bonds is 5. The van der Waals surface area contributed by atoms with Crippen LogP contribution in [-0.4, -0.2) is 5.91 Å². The summed E-state index contributed by atoms with van der Waals surface area (Å²) in [6, 6.07) is 14.6. The van der Waals surface area contributed by atoms with E-state index in [-0.39, 0.29) is 12.1 Å². The van der Waals surface area contributed by atoms with Crippen molar-refractivity contribution in [1.82, 2.24) is 5.32 Å². The normalized spacial score (nSPS) is 10.7. The lowest BCUT2D eigenvalue weighted by atomic mass is 10.2. The van der Waals surface area contributed by atoms with Crippen LogP contribution in [0.4, 0.5) is 5.69 Å². The van der Waals surface area contributed by atoms with Gasteiger partial charge in [0.05, 0.1) is 12.8 Å². The fraction of sp³-hybridized carbons (Fsp3) is 0.0667. The number of amides is 1. The van der Waals surface area contributed by atoms with E-state index in [1.807, 2.05) is 36.4 Å². The molecule has 5 heteroatoms. The molecule has 5 nitrogen and oxygen atoms in total. The van der Waals surface area contributed by atoms with Gasteiger partial charge in [0.2, 0.25) is 0 Å². The molecule has 1 aromatic heterocycles. The second-order valence-electron chi connectivity index (χ2n) is 3.94. The first kappa shape index (κ1) is 13.4. The molecule has 2 rings (SSSR count). The molecule has 2 N–H and O–H groups in total. The molecule has 1 aromatic carbocycles. The van der Waals surface area contributed by atoms with Crippen LogP contribution in [0.5, 0.6) is 0 Å². The van der Waals surface area contributed by atoms with Crippen molar-refractivity contribution in [1.29, 1.82) is 5.26 Å². The van der Waals surface area contributed by atoms with Crippen molar-refractivity contribution in [2.75, 3.05) is 5.32 Å². The van der Waals surface area contributed by atoms with Gasteiger partial charge in [0.15, 0.2) is 0 Å². The number of nitrogens with one attached hydrogen (secondary N) is 2. The highest BCUT2D eigenvalue weighted by Gasteiger charge is 2.08. The minimum Gasteiger partial charge on any atom is -0.467 e. The average Bonchev–Trinajstić information content (AvgIpc) is 3.00. The van der Waals surface area contributed by atoms with Gasteiger partial charge in [-0.05, 0) is 24.3 Å². The number of benzene rings is 1. The molecule has 1 amide bonds. The molecule has 0 aliphatic carbocycles. The summed E-state index contributed by atoms with van der Waals surface area (Å²) >= 11 is 0. The number of furan rings is 1. The third-order valence-electron chi connectivity index (χ3n) is 2.53. The lowest BCUT2D eigenvalue weighted by Crippen LogP contribution is -2.24. The maximum atomic E-state index is 11.8. The summed E-state index contributed by atoms with van der Waals surface area (Å²) in [7, 11) is 0. The molecular formula is C15H13N3O2. The van der Waals surface area contributed by atoms with Crippen LogP contribution in [0.25, 0.3) is 0 Å². The summed E-state index contributed by atoms with van der Waals surface area (Å²) < 4.78 is 5.09. The SMILES string of the molecule is N#C/C(=C/Nc1ccccc1)C(=O)NCc1ccco1. The molecular weight excluding hydrogens is 254 g/mol. The first-order valence-corrected chi connectivity index (χ1v) is 6.02. The van der Waals surface area contributed by atoms with Crippen LogP contribution in [0.15, 0.2) is 64.9 Å². The highest BCUT2D eigenvalue weighted by atomic mass is 16.3. The number of carbonyl (C=O) groups excluding carboxylic acids is 1. The smallest absolute Gasteiger partial charge is 0.263 e. The third-order valence-corrected chi connectivity index (χ3v) is 2.53. The molecule has 100 valence electrons. The fourth-order valence-electron chi connectivity index (χ4n) is 1.51. The van der Waals surface area contributed by atoms with Crippen LogP contribution in [0.2, 0.25) is 0 Å². The molecule has 20 heavy (non-hydrogen) atoms. The quantitative estimate of drug-likeness (QED) is 0.644. The van der Waals surface area contributed by atoms with E-state index >= 15 is 0 Å². The summed E-state index contributed by atoms with van der Waals surface area (Å²) in [6.07, 6.45) is 2.91. The number of nitrogens with zero attached hydrogens (tertiary/aromatic N) is 1. The monoisotopic (exact) mass is 267 g/mol. The van der Waals surface area contributed by atoms with Crippen LogP contribution in [0.3, 0.4) is 0 Å². The predicted molar refractivity (Wildman–Crippen MR) is 74.3 cm³/mol. The Morgan fingerprint density at radius 3 is 2.70 bits per heavy atom. The Balaban J connectivity index is 1.93. The van der Waals surface area contributed by atoms with E-state index in [1.165, 1.54) is 12.5 Å². The van der Waals surface area contributed by atoms with Gasteiger partial charge in [-0.3, -0.25) is 4.79 Å². The molecule has 0 atom stereocenters. The van der Waals surface area contributed by atoms with E-state index in [0.717, 1.165) is 5.69 Å². The zero-order chi connectivity index (χ0) is 14.2. The van der Waals surface area contributed by atoms with Gasteiger partial charge < -0.3 is 15.1 Å². The van der Waals surface area contributed by atoms with Gasteiger partial charge in [0, 0.05) is 11.9 Å². The molecule has 0 bridgehead atoms. The Kier molecular flexibility index (Phi) is 4.57. The van der Waals surface area contributed by atoms with Crippen molar-refractivity contribution in [2.45, 2.75) is 6.54 Å². The first-order chi connectivity index (χ1) is 9.79. The summed E-state index contributed by atoms with van der Waals surface area (Å²) in [4.78, 5) is 11.8. The lowest BCUT2D eigenvalue weighted by Gasteiger charge is -2.03. The maximum Gasteiger partial charge on any atom is 0.263 e. The Labute approximate surface area is 116 Å². The Morgan fingerprint density at radius 2 is 2.05 bits per heavy atom. The van der Waals surface area contributed by atoms with Crippen molar-refractivity contribution >= 4 is 11.6 Å². The predicted octanol–water partition coefficient (Wildman–Crippen LogP) is 2.42. The zero-order valence-corrected chi connectivity index (χ0v) is 10.7. The van der Waals surface area contributed by atoms with Crippen LogP contribution in [-0.2, 0) is 11.3 Å². The molecule has 0 saturated carbocycles. The van der Waals surface area contributed by atoms with E-state index < -0.39 is 5.91 Å². The van der Waals surface area contributed by atoms with Crippen LogP contribution in [0, 0.1) is 11.3 Å². The van der Waals surface area contributed by atoms with Crippen LogP contribution >= 0.6 is 0 Å². The molecule has 0 aliphatic rings. The van der Waals surface area contributed by atoms with Gasteiger partial charge in [-0.1, -0.05) is 18.2 Å². The summed E-state index contributed by atoms with van der Waals surface area (Å²) in [5, 5.41) is 14.5. The molecule has 2 aromatic rings. The highest BCUT2D eigenvalue weighted by Crippen LogP contribution is 2.06. The van der Waals surface area contributed by atoms with Gasteiger partial charge in [-0.15, -0.1) is 0 Å². The topological polar surface area (TPSA) is 78.1 Å². The zero-order valence-electron chi connectivity index (χ0n) is 10.7. The number of anilines is 1. The Bertz CT molecular complexity index is 625. The second kappa shape index (κ2) is 6.81. The van der Waals surface area contributed by atoms with E-state index in [0.29, 0.717) is 5.76 Å². The second-order valence-corrected chi connectivity index (χ2v) is 3.94. The third kappa shape index (κ3) is 3.75. The van der Waals surface area contributed by atoms with Crippen molar-refractivity contribution in [3.63, 3.8) is 0 Å². The first-order valence-electron chi connectivity index (χ1n) is 6.02. The Hall–Kier alpha value is -3.00. The molecule has 0 unspecified atom stereocenters. The van der Waals surface area contributed by atoms with E-state index in [4.69, 9.17) is 9.68 Å². The molecule has 0 saturated heterocycles. The highest BCUT2D eigenvalue weighted by molar-refractivity contribution is 5.97. The Morgan fingerprint density at radius 1 is 1.25 bits per heavy atom. The molecule has 0 spiro atoms. The van der Waals surface area contributed by atoms with Gasteiger partial charge >= 0.3 is 0 Å². The van der Waals surface area contributed by atoms with Crippen LogP contribution in [0.1, 0.15) is 5.76 Å². The number of carbonyl (C=O) groups is 1. The van der Waals surface area contributed by atoms with E-state index in [1.54, 1.807) is 12.1 Å². The summed E-state index contributed by atoms with van der Waals surface area (Å²) in [5.74, 6) is 0.180. The standard InChI is InChI=1S/C15H13N3O2/c16-9-12(10-17-13-5-2-1-3-6-13)15(19)18-11-14-7-4-8-20-14/h1-8,10,17H,11H2,(H,18,19)/b12-10-. The van der Waals surface area contributed by atoms with E-state index in [9.17, 15) is 4.79 Å². The van der Waals surface area contributed by atoms with Gasteiger partial charge in [-0.25, -0.2) is 0 Å². The van der Waals surface area contributed by atoms with Gasteiger partial charge in [0.1, 0.15) is 17.4 Å². The van der Waals surface area contributed by atoms with Crippen molar-refractivity contribution < 1.29 is 9.21 Å². The fourth-order valence-corrected chi connectivity index (χ4v) is 1.51. The molecule has 0 aliphatic heterocycles. The molecule has 0 fully saturated rings. The largest absolute Gasteiger partial charge is 0.467 e. The summed E-state index contributed by atoms with van der Waals surface area (Å²) in [6.45, 7) is 0.246. The molecule has 0 radical (unpaired) electrons. The van der Waals surface area contributed by atoms with E-state index in [2.05, 4.69) is 10.6 Å². The van der Waals surface area contributed by atoms with Crippen molar-refractivity contribution in [3.8, 4) is 6.07 Å². The number of hydrogen-bond acceptors (Lipinski definition) is 4. The average molecular weight is 267 g/mol. The number of para-hydroxylation sites is 1. The minimum atomic E-state index is -0.452. The maximum absolute atomic E-state index is 11.8. The number of nitriles is 1. The minimum absolute atomic E-state index is 0.000379. The van der Waals surface area contributed by atoms with Gasteiger partial charge in [0.25, 0.3) is 5.91 Å². The summed E-state index contributed by atoms with van der Waals surface area (Å²) in [5.41, 5.74) is 0.805. The number of hydrogen-bond donors (Lipinski definition) is 2. The van der Waals surface area contributed by atoms with Crippen molar-refractivity contribution in [2.24, 2.45) is 0 Å². The van der Waals surface area contributed by atoms with Gasteiger partial charge in [-0.2, -0.15) is 5.26 Å².